The van der Waals surface area contributed by atoms with Crippen molar-refractivity contribution in [1.82, 2.24) is 4.98 Å². The summed E-state index contributed by atoms with van der Waals surface area (Å²) in [5, 5.41) is 13.4. The van der Waals surface area contributed by atoms with Gasteiger partial charge in [-0.1, -0.05) is 11.6 Å². The lowest BCUT2D eigenvalue weighted by Crippen LogP contribution is -2.28. The number of alkyl halides is 1. The van der Waals surface area contributed by atoms with E-state index in [1.54, 1.807) is 38.2 Å². The van der Waals surface area contributed by atoms with Crippen LogP contribution in [0, 0.1) is 0 Å². The van der Waals surface area contributed by atoms with E-state index in [1.807, 2.05) is 6.07 Å². The van der Waals surface area contributed by atoms with Crippen LogP contribution in [0.2, 0.25) is 4.34 Å². The molecule has 1 amide bonds. The van der Waals surface area contributed by atoms with Crippen LogP contribution in [0.25, 0.3) is 9.88 Å². The van der Waals surface area contributed by atoms with E-state index in [2.05, 4.69) is 10.3 Å². The summed E-state index contributed by atoms with van der Waals surface area (Å²) in [4.78, 5) is 18.5. The van der Waals surface area contributed by atoms with E-state index in [-0.39, 0.29) is 18.4 Å². The molecular weight excluding hydrogens is 467 g/mol. The normalized spacial score (nSPS) is 11.4. The largest absolute Gasteiger partial charge is 0.493 e. The number of hydrogen-bond acceptors (Lipinski definition) is 7. The van der Waals surface area contributed by atoms with Crippen molar-refractivity contribution in [1.29, 1.82) is 0 Å². The second kappa shape index (κ2) is 9.53. The molecule has 6 nitrogen and oxygen atoms in total. The van der Waals surface area contributed by atoms with Crippen molar-refractivity contribution in [2.75, 3.05) is 19.0 Å². The van der Waals surface area contributed by atoms with Gasteiger partial charge in [-0.05, 0) is 37.6 Å². The lowest BCUT2D eigenvalue weighted by molar-refractivity contribution is 0.0276. The van der Waals surface area contributed by atoms with E-state index < -0.39 is 5.60 Å². The fraction of sp³-hybridized carbons (Fsp3) is 0.300. The van der Waals surface area contributed by atoms with Gasteiger partial charge in [0.1, 0.15) is 16.0 Å². The highest BCUT2D eigenvalue weighted by Gasteiger charge is 2.20. The van der Waals surface area contributed by atoms with Crippen molar-refractivity contribution in [3.63, 3.8) is 0 Å². The molecule has 0 aliphatic carbocycles. The summed E-state index contributed by atoms with van der Waals surface area (Å²) in [6, 6.07) is 6.90. The van der Waals surface area contributed by atoms with Gasteiger partial charge in [0.15, 0.2) is 11.5 Å². The van der Waals surface area contributed by atoms with Gasteiger partial charge in [-0.25, -0.2) is 4.98 Å². The van der Waals surface area contributed by atoms with Crippen LogP contribution in [-0.2, 0) is 5.88 Å². The predicted molar refractivity (Wildman–Crippen MR) is 123 cm³/mol. The minimum atomic E-state index is -0.978. The first kappa shape index (κ1) is 22.8. The Bertz CT molecular complexity index is 1040. The van der Waals surface area contributed by atoms with Crippen LogP contribution < -0.4 is 14.8 Å². The molecule has 0 saturated heterocycles. The molecule has 30 heavy (non-hydrogen) atoms. The number of halogens is 2. The highest BCUT2D eigenvalue weighted by atomic mass is 35.5. The first-order chi connectivity index (χ1) is 14.2. The molecule has 0 fully saturated rings. The Hall–Kier alpha value is -1.84. The molecule has 0 saturated carbocycles. The van der Waals surface area contributed by atoms with E-state index in [9.17, 15) is 9.90 Å². The monoisotopic (exact) mass is 486 g/mol. The molecule has 3 aromatic rings. The van der Waals surface area contributed by atoms with Crippen molar-refractivity contribution >= 4 is 57.5 Å². The molecule has 160 valence electrons. The van der Waals surface area contributed by atoms with Crippen molar-refractivity contribution in [2.24, 2.45) is 0 Å². The zero-order valence-corrected chi connectivity index (χ0v) is 19.6. The van der Waals surface area contributed by atoms with Crippen LogP contribution in [0.4, 0.5) is 5.69 Å². The molecule has 10 heteroatoms. The van der Waals surface area contributed by atoms with Crippen LogP contribution in [-0.4, -0.2) is 35.3 Å². The van der Waals surface area contributed by atoms with Gasteiger partial charge in [0.2, 0.25) is 0 Å². The number of aromatic nitrogens is 1. The fourth-order valence-corrected chi connectivity index (χ4v) is 4.83. The number of thiophene rings is 1. The van der Waals surface area contributed by atoms with Crippen molar-refractivity contribution in [2.45, 2.75) is 25.3 Å². The lowest BCUT2D eigenvalue weighted by Gasteiger charge is -2.19. The van der Waals surface area contributed by atoms with E-state index >= 15 is 0 Å². The van der Waals surface area contributed by atoms with Gasteiger partial charge >= 0.3 is 0 Å². The maximum Gasteiger partial charge on any atom is 0.266 e. The Morgan fingerprint density at radius 2 is 2.03 bits per heavy atom. The van der Waals surface area contributed by atoms with Gasteiger partial charge in [0.05, 0.1) is 28.7 Å². The third-order valence-electron chi connectivity index (χ3n) is 3.85. The van der Waals surface area contributed by atoms with Crippen LogP contribution in [0.5, 0.6) is 11.5 Å². The summed E-state index contributed by atoms with van der Waals surface area (Å²) in [6.07, 6.45) is 1.58. The second-order valence-electron chi connectivity index (χ2n) is 6.99. The average Bonchev–Trinajstić information content (AvgIpc) is 3.32. The second-order valence-corrected chi connectivity index (χ2v) is 9.97. The number of carbonyl (C=O) groups excluding carboxylic acids is 1. The number of methoxy groups -OCH3 is 1. The number of ether oxygens (including phenoxy) is 2. The lowest BCUT2D eigenvalue weighted by atomic mass is 10.2. The molecular formula is C20H20Cl2N2O4S2. The van der Waals surface area contributed by atoms with Crippen molar-refractivity contribution in [3.05, 3.63) is 45.2 Å². The minimum absolute atomic E-state index is 0.104. The van der Waals surface area contributed by atoms with Crippen LogP contribution in [0.1, 0.15) is 29.1 Å². The van der Waals surface area contributed by atoms with Crippen LogP contribution in [0.15, 0.2) is 30.5 Å². The highest BCUT2D eigenvalue weighted by Crippen LogP contribution is 2.37. The molecule has 1 aromatic carbocycles. The topological polar surface area (TPSA) is 80.7 Å². The van der Waals surface area contributed by atoms with E-state index in [0.717, 1.165) is 15.4 Å². The molecule has 0 unspecified atom stereocenters. The number of thiazole rings is 1. The Labute approximate surface area is 192 Å². The number of amides is 1. The Morgan fingerprint density at radius 3 is 2.63 bits per heavy atom. The fourth-order valence-electron chi connectivity index (χ4n) is 2.50. The highest BCUT2D eigenvalue weighted by molar-refractivity contribution is 7.24. The third-order valence-corrected chi connectivity index (χ3v) is 6.60. The van der Waals surface area contributed by atoms with Gasteiger partial charge in [-0.2, -0.15) is 0 Å². The first-order valence-corrected chi connectivity index (χ1v) is 11.4. The van der Waals surface area contributed by atoms with Gasteiger partial charge in [-0.3, -0.25) is 4.79 Å². The number of nitrogens with zero attached hydrogens (tertiary/aromatic N) is 1. The van der Waals surface area contributed by atoms with Crippen LogP contribution in [0.3, 0.4) is 0 Å². The minimum Gasteiger partial charge on any atom is -0.493 e. The summed E-state index contributed by atoms with van der Waals surface area (Å²) >= 11 is 14.7. The Balaban J connectivity index is 1.79. The van der Waals surface area contributed by atoms with E-state index in [4.69, 9.17) is 32.7 Å². The summed E-state index contributed by atoms with van der Waals surface area (Å²) < 4.78 is 11.5. The standard InChI is InChI=1S/C20H20Cl2N2O4S2/c1-20(2,26)10-28-13-5-4-12(7-14(13)27-3)24-18(25)17-11(8-21)6-15(29-17)19-23-9-16(22)30-19/h4-7,9,26H,8,10H2,1-3H3,(H,24,25). The van der Waals surface area contributed by atoms with Gasteiger partial charge in [0, 0.05) is 17.6 Å². The summed E-state index contributed by atoms with van der Waals surface area (Å²) in [5.41, 5.74) is 0.284. The molecule has 2 heterocycles. The SMILES string of the molecule is COc1cc(NC(=O)c2sc(-c3ncc(Cl)s3)cc2CCl)ccc1OCC(C)(C)O. The molecule has 3 rings (SSSR count). The number of rotatable bonds is 8. The van der Waals surface area contributed by atoms with Gasteiger partial charge < -0.3 is 19.9 Å². The first-order valence-electron chi connectivity index (χ1n) is 8.85. The molecule has 2 N–H and O–H groups in total. The number of anilines is 1. The quantitative estimate of drug-likeness (QED) is 0.400. The number of nitrogens with one attached hydrogen (secondary N) is 1. The predicted octanol–water partition coefficient (Wildman–Crippen LogP) is 5.67. The number of carbonyl (C=O) groups is 1. The van der Waals surface area contributed by atoms with Crippen molar-refractivity contribution in [3.8, 4) is 21.4 Å². The number of aliphatic hydroxyl groups is 1. The summed E-state index contributed by atoms with van der Waals surface area (Å²) in [5.74, 6) is 0.833. The van der Waals surface area contributed by atoms with Gasteiger partial charge in [-0.15, -0.1) is 34.3 Å². The van der Waals surface area contributed by atoms with E-state index in [1.165, 1.54) is 29.8 Å². The average molecular weight is 487 g/mol. The number of hydrogen-bond donors (Lipinski definition) is 2. The maximum absolute atomic E-state index is 12.9. The number of benzene rings is 1. The molecule has 0 atom stereocenters. The Morgan fingerprint density at radius 1 is 1.27 bits per heavy atom. The summed E-state index contributed by atoms with van der Waals surface area (Å²) in [6.45, 7) is 3.40. The van der Waals surface area contributed by atoms with Crippen LogP contribution >= 0.6 is 45.9 Å². The van der Waals surface area contributed by atoms with Crippen molar-refractivity contribution < 1.29 is 19.4 Å². The molecule has 0 aliphatic rings. The zero-order chi connectivity index (χ0) is 21.9. The Kier molecular flexibility index (Phi) is 7.26. The maximum atomic E-state index is 12.9. The molecule has 2 aromatic heterocycles. The smallest absolute Gasteiger partial charge is 0.266 e. The zero-order valence-electron chi connectivity index (χ0n) is 16.5. The third kappa shape index (κ3) is 5.65. The van der Waals surface area contributed by atoms with E-state index in [0.29, 0.717) is 26.4 Å². The summed E-state index contributed by atoms with van der Waals surface area (Å²) in [7, 11) is 1.51. The molecule has 0 spiro atoms. The molecule has 0 bridgehead atoms. The molecule has 0 aliphatic heterocycles. The molecule has 0 radical (unpaired) electrons. The van der Waals surface area contributed by atoms with Gasteiger partial charge in [0.25, 0.3) is 5.91 Å².